The van der Waals surface area contributed by atoms with Gasteiger partial charge in [0.2, 0.25) is 11.8 Å². The fourth-order valence-corrected chi connectivity index (χ4v) is 3.75. The van der Waals surface area contributed by atoms with Crippen LogP contribution in [0.4, 0.5) is 15.8 Å². The Morgan fingerprint density at radius 3 is 2.35 bits per heavy atom. The Morgan fingerprint density at radius 2 is 1.71 bits per heavy atom. The molecule has 3 rings (SSSR count). The molecule has 0 atom stereocenters. The average Bonchev–Trinajstić information content (AvgIpc) is 2.76. The molecule has 0 bridgehead atoms. The van der Waals surface area contributed by atoms with Gasteiger partial charge in [0.25, 0.3) is 0 Å². The van der Waals surface area contributed by atoms with Crippen molar-refractivity contribution in [3.63, 3.8) is 0 Å². The molecule has 1 N–H and O–H groups in total. The van der Waals surface area contributed by atoms with Crippen LogP contribution in [0.15, 0.2) is 48.5 Å². The van der Waals surface area contributed by atoms with Crippen LogP contribution in [0, 0.1) is 12.7 Å². The molecule has 0 saturated carbocycles. The molecule has 0 aromatic heterocycles. The van der Waals surface area contributed by atoms with Crippen molar-refractivity contribution in [2.45, 2.75) is 20.3 Å². The number of anilines is 2. The molecule has 0 radical (unpaired) electrons. The third-order valence-corrected chi connectivity index (χ3v) is 5.52. The predicted octanol–water partition coefficient (Wildman–Crippen LogP) is 3.13. The van der Waals surface area contributed by atoms with E-state index in [9.17, 15) is 14.0 Å². The lowest BCUT2D eigenvalue weighted by molar-refractivity contribution is -0.135. The molecule has 2 amide bonds. The van der Waals surface area contributed by atoms with Crippen molar-refractivity contribution < 1.29 is 14.0 Å². The van der Waals surface area contributed by atoms with Crippen molar-refractivity contribution in [2.75, 3.05) is 56.0 Å². The number of aryl methyl sites for hydroxylation is 1. The number of rotatable bonds is 8. The lowest BCUT2D eigenvalue weighted by Crippen LogP contribution is -2.51. The van der Waals surface area contributed by atoms with Gasteiger partial charge in [-0.1, -0.05) is 25.1 Å². The minimum absolute atomic E-state index is 0.0305. The second-order valence-corrected chi connectivity index (χ2v) is 7.92. The summed E-state index contributed by atoms with van der Waals surface area (Å²) in [6, 6.07) is 14.1. The summed E-state index contributed by atoms with van der Waals surface area (Å²) >= 11 is 0. The van der Waals surface area contributed by atoms with Gasteiger partial charge in [-0.15, -0.1) is 0 Å². The number of hydrogen-bond donors (Lipinski definition) is 1. The van der Waals surface area contributed by atoms with E-state index < -0.39 is 0 Å². The first-order valence-corrected chi connectivity index (χ1v) is 10.8. The minimum Gasteiger partial charge on any atom is -0.369 e. The molecule has 31 heavy (non-hydrogen) atoms. The lowest BCUT2D eigenvalue weighted by atomic mass is 10.2. The van der Waals surface area contributed by atoms with Gasteiger partial charge in [0.1, 0.15) is 5.82 Å². The Labute approximate surface area is 183 Å². The summed E-state index contributed by atoms with van der Waals surface area (Å²) in [5.41, 5.74) is 2.75. The summed E-state index contributed by atoms with van der Waals surface area (Å²) in [4.78, 5) is 31.4. The zero-order valence-electron chi connectivity index (χ0n) is 18.3. The van der Waals surface area contributed by atoms with Crippen LogP contribution in [-0.2, 0) is 9.59 Å². The number of carbonyl (C=O) groups is 2. The molecule has 0 unspecified atom stereocenters. The zero-order chi connectivity index (χ0) is 22.2. The first-order chi connectivity index (χ1) is 15.0. The molecular formula is C24H31FN4O2. The molecule has 0 aliphatic carbocycles. The Bertz CT molecular complexity index is 879. The zero-order valence-corrected chi connectivity index (χ0v) is 18.3. The number of halogens is 1. The first kappa shape index (κ1) is 22.7. The van der Waals surface area contributed by atoms with E-state index in [1.54, 1.807) is 17.0 Å². The largest absolute Gasteiger partial charge is 0.369 e. The topological polar surface area (TPSA) is 55.9 Å². The number of para-hydroxylation sites is 1. The first-order valence-electron chi connectivity index (χ1n) is 10.8. The highest BCUT2D eigenvalue weighted by molar-refractivity contribution is 5.95. The second kappa shape index (κ2) is 10.9. The van der Waals surface area contributed by atoms with Gasteiger partial charge in [0.05, 0.1) is 13.1 Å². The van der Waals surface area contributed by atoms with Gasteiger partial charge < -0.3 is 15.1 Å². The van der Waals surface area contributed by atoms with Crippen LogP contribution in [0.1, 0.15) is 18.9 Å². The minimum atomic E-state index is -0.240. The van der Waals surface area contributed by atoms with Crippen LogP contribution in [0.5, 0.6) is 0 Å². The van der Waals surface area contributed by atoms with Gasteiger partial charge in [-0.3, -0.25) is 14.5 Å². The highest BCUT2D eigenvalue weighted by atomic mass is 19.1. The Kier molecular flexibility index (Phi) is 8.00. The quantitative estimate of drug-likeness (QED) is 0.705. The van der Waals surface area contributed by atoms with Crippen molar-refractivity contribution in [3.05, 3.63) is 59.9 Å². The highest BCUT2D eigenvalue weighted by Crippen LogP contribution is 2.17. The second-order valence-electron chi connectivity index (χ2n) is 7.92. The monoisotopic (exact) mass is 426 g/mol. The SMILES string of the molecule is CCCN(CC(=O)Nc1ccccc1C)C(=O)CN1CCN(c2ccc(F)cc2)CC1. The van der Waals surface area contributed by atoms with E-state index in [-0.39, 0.29) is 24.2 Å². The van der Waals surface area contributed by atoms with Gasteiger partial charge in [-0.2, -0.15) is 0 Å². The van der Waals surface area contributed by atoms with Crippen LogP contribution in [-0.4, -0.2) is 67.4 Å². The Hall–Kier alpha value is -2.93. The van der Waals surface area contributed by atoms with Gasteiger partial charge >= 0.3 is 0 Å². The number of benzene rings is 2. The van der Waals surface area contributed by atoms with Crippen LogP contribution < -0.4 is 10.2 Å². The number of amides is 2. The molecule has 1 aliphatic rings. The summed E-state index contributed by atoms with van der Waals surface area (Å²) < 4.78 is 13.1. The van der Waals surface area contributed by atoms with E-state index in [2.05, 4.69) is 15.1 Å². The van der Waals surface area contributed by atoms with Crippen molar-refractivity contribution in [1.82, 2.24) is 9.80 Å². The highest BCUT2D eigenvalue weighted by Gasteiger charge is 2.23. The maximum Gasteiger partial charge on any atom is 0.244 e. The van der Waals surface area contributed by atoms with Crippen LogP contribution in [0.2, 0.25) is 0 Å². The van der Waals surface area contributed by atoms with Crippen molar-refractivity contribution in [3.8, 4) is 0 Å². The predicted molar refractivity (Wildman–Crippen MR) is 122 cm³/mol. The van der Waals surface area contributed by atoms with Crippen molar-refractivity contribution >= 4 is 23.2 Å². The van der Waals surface area contributed by atoms with E-state index in [1.165, 1.54) is 12.1 Å². The van der Waals surface area contributed by atoms with E-state index in [4.69, 9.17) is 0 Å². The molecule has 1 saturated heterocycles. The number of nitrogens with zero attached hydrogens (tertiary/aromatic N) is 3. The summed E-state index contributed by atoms with van der Waals surface area (Å²) in [5.74, 6) is -0.454. The summed E-state index contributed by atoms with van der Waals surface area (Å²) in [6.07, 6.45) is 0.793. The van der Waals surface area contributed by atoms with Crippen molar-refractivity contribution in [1.29, 1.82) is 0 Å². The van der Waals surface area contributed by atoms with Crippen molar-refractivity contribution in [2.24, 2.45) is 0 Å². The van der Waals surface area contributed by atoms with Gasteiger partial charge in [0, 0.05) is 44.1 Å². The van der Waals surface area contributed by atoms with E-state index in [1.807, 2.05) is 38.1 Å². The lowest BCUT2D eigenvalue weighted by Gasteiger charge is -2.36. The fourth-order valence-electron chi connectivity index (χ4n) is 3.75. The molecule has 1 heterocycles. The van der Waals surface area contributed by atoms with E-state index >= 15 is 0 Å². The van der Waals surface area contributed by atoms with E-state index in [0.717, 1.165) is 49.5 Å². The fraction of sp³-hybridized carbons (Fsp3) is 0.417. The molecule has 0 spiro atoms. The molecular weight excluding hydrogens is 395 g/mol. The van der Waals surface area contributed by atoms with Crippen LogP contribution in [0.3, 0.4) is 0 Å². The Morgan fingerprint density at radius 1 is 1.03 bits per heavy atom. The average molecular weight is 427 g/mol. The molecule has 1 aliphatic heterocycles. The van der Waals surface area contributed by atoms with E-state index in [0.29, 0.717) is 13.1 Å². The maximum absolute atomic E-state index is 13.1. The number of piperazine rings is 1. The summed E-state index contributed by atoms with van der Waals surface area (Å²) in [6.45, 7) is 7.90. The van der Waals surface area contributed by atoms with Gasteiger partial charge in [-0.25, -0.2) is 4.39 Å². The Balaban J connectivity index is 1.50. The third-order valence-electron chi connectivity index (χ3n) is 5.52. The number of hydrogen-bond acceptors (Lipinski definition) is 4. The molecule has 2 aromatic carbocycles. The maximum atomic E-state index is 13.1. The standard InChI is InChI=1S/C24H31FN4O2/c1-3-12-29(17-23(30)26-22-7-5-4-6-19(22)2)24(31)18-27-13-15-28(16-14-27)21-10-8-20(25)9-11-21/h4-11H,3,12-18H2,1-2H3,(H,26,30). The van der Waals surface area contributed by atoms with Crippen LogP contribution in [0.25, 0.3) is 0 Å². The molecule has 7 heteroatoms. The number of nitrogens with one attached hydrogen (secondary N) is 1. The third kappa shape index (κ3) is 6.52. The summed E-state index contributed by atoms with van der Waals surface area (Å²) in [7, 11) is 0. The van der Waals surface area contributed by atoms with Gasteiger partial charge in [0.15, 0.2) is 0 Å². The smallest absolute Gasteiger partial charge is 0.244 e. The van der Waals surface area contributed by atoms with Crippen LogP contribution >= 0.6 is 0 Å². The molecule has 6 nitrogen and oxygen atoms in total. The number of carbonyl (C=O) groups excluding carboxylic acids is 2. The summed E-state index contributed by atoms with van der Waals surface area (Å²) in [5, 5.41) is 2.91. The molecule has 2 aromatic rings. The molecule has 166 valence electrons. The normalized spacial score (nSPS) is 14.4. The van der Waals surface area contributed by atoms with Gasteiger partial charge in [-0.05, 0) is 49.2 Å². The molecule has 1 fully saturated rings.